The molecule has 30 heavy (non-hydrogen) atoms. The summed E-state index contributed by atoms with van der Waals surface area (Å²) in [7, 11) is 1.48. The van der Waals surface area contributed by atoms with Crippen LogP contribution in [0.1, 0.15) is 25.2 Å². The molecule has 1 saturated heterocycles. The molecule has 1 amide bonds. The third-order valence-electron chi connectivity index (χ3n) is 5.19. The summed E-state index contributed by atoms with van der Waals surface area (Å²) in [6.07, 6.45) is 0. The molecule has 2 heterocycles. The van der Waals surface area contributed by atoms with Gasteiger partial charge in [0.15, 0.2) is 0 Å². The molecule has 1 aliphatic heterocycles. The lowest BCUT2D eigenvalue weighted by Gasteiger charge is -2.36. The number of amides is 1. The summed E-state index contributed by atoms with van der Waals surface area (Å²) in [6, 6.07) is 2.81. The summed E-state index contributed by atoms with van der Waals surface area (Å²) in [4.78, 5) is 16.3. The largest absolute Gasteiger partial charge is 0.495 e. The number of aromatic nitrogens is 2. The summed E-state index contributed by atoms with van der Waals surface area (Å²) < 4.78 is 21.1. The minimum Gasteiger partial charge on any atom is -0.495 e. The fourth-order valence-electron chi connectivity index (χ4n) is 3.41. The summed E-state index contributed by atoms with van der Waals surface area (Å²) in [5.74, 6) is -0.143. The third-order valence-corrected chi connectivity index (χ3v) is 5.94. The van der Waals surface area contributed by atoms with E-state index in [1.54, 1.807) is 31.7 Å². The van der Waals surface area contributed by atoms with Crippen molar-refractivity contribution in [3.8, 4) is 5.75 Å². The molecule has 1 fully saturated rings. The molecule has 0 atom stereocenters. The van der Waals surface area contributed by atoms with Crippen LogP contribution in [0, 0.1) is 12.7 Å². The SMILES string of the molecule is COc1cc(N2CCN(C(=O)Cn3nc(C(C)(C)O)c(Cl)c3C)CC2)c(F)cc1Cl. The Morgan fingerprint density at radius 3 is 2.43 bits per heavy atom. The Morgan fingerprint density at radius 1 is 1.27 bits per heavy atom. The number of anilines is 1. The molecule has 1 aromatic carbocycles. The van der Waals surface area contributed by atoms with Crippen LogP contribution in [-0.4, -0.2) is 59.0 Å². The zero-order valence-corrected chi connectivity index (χ0v) is 18.9. The summed E-state index contributed by atoms with van der Waals surface area (Å²) in [6.45, 7) is 6.79. The lowest BCUT2D eigenvalue weighted by molar-refractivity contribution is -0.132. The molecular weight excluding hydrogens is 434 g/mol. The molecule has 0 radical (unpaired) electrons. The minimum absolute atomic E-state index is 0.0186. The van der Waals surface area contributed by atoms with Crippen molar-refractivity contribution in [1.29, 1.82) is 0 Å². The maximum Gasteiger partial charge on any atom is 0.244 e. The minimum atomic E-state index is -1.20. The van der Waals surface area contributed by atoms with Crippen molar-refractivity contribution in [2.24, 2.45) is 0 Å². The third kappa shape index (κ3) is 4.50. The first-order chi connectivity index (χ1) is 14.0. The second-order valence-electron chi connectivity index (χ2n) is 7.77. The first kappa shape index (κ1) is 22.7. The zero-order chi connectivity index (χ0) is 22.2. The number of methoxy groups -OCH3 is 1. The van der Waals surface area contributed by atoms with Crippen LogP contribution in [0.3, 0.4) is 0 Å². The van der Waals surface area contributed by atoms with Gasteiger partial charge < -0.3 is 19.6 Å². The molecule has 1 N–H and O–H groups in total. The predicted molar refractivity (Wildman–Crippen MR) is 114 cm³/mol. The standard InChI is InChI=1S/C20H25Cl2FN4O3/c1-12-18(22)19(20(2,3)29)24-27(12)11-17(28)26-7-5-25(6-8-26)15-10-16(30-4)13(21)9-14(15)23/h9-10,29H,5-8,11H2,1-4H3. The molecule has 0 saturated carbocycles. The van der Waals surface area contributed by atoms with Gasteiger partial charge in [-0.3, -0.25) is 9.48 Å². The van der Waals surface area contributed by atoms with Crippen molar-refractivity contribution in [2.75, 3.05) is 38.2 Å². The van der Waals surface area contributed by atoms with Gasteiger partial charge in [0.05, 0.1) is 28.5 Å². The van der Waals surface area contributed by atoms with Gasteiger partial charge in [0.1, 0.15) is 29.4 Å². The maximum atomic E-state index is 14.4. The summed E-state index contributed by atoms with van der Waals surface area (Å²) >= 11 is 12.2. The normalized spacial score (nSPS) is 14.9. The highest BCUT2D eigenvalue weighted by Crippen LogP contribution is 2.33. The smallest absolute Gasteiger partial charge is 0.244 e. The molecule has 1 aromatic heterocycles. The van der Waals surface area contributed by atoms with Crippen LogP contribution in [0.4, 0.5) is 10.1 Å². The van der Waals surface area contributed by atoms with Crippen molar-refractivity contribution >= 4 is 34.8 Å². The Balaban J connectivity index is 1.67. The molecule has 0 bridgehead atoms. The van der Waals surface area contributed by atoms with E-state index in [2.05, 4.69) is 5.10 Å². The van der Waals surface area contributed by atoms with Gasteiger partial charge in [0.25, 0.3) is 0 Å². The highest BCUT2D eigenvalue weighted by molar-refractivity contribution is 6.32. The summed E-state index contributed by atoms with van der Waals surface area (Å²) in [5, 5.41) is 15.1. The number of benzene rings is 1. The second kappa shape index (κ2) is 8.61. The average Bonchev–Trinajstić information content (AvgIpc) is 2.97. The lowest BCUT2D eigenvalue weighted by Crippen LogP contribution is -2.50. The molecule has 0 unspecified atom stereocenters. The first-order valence-corrected chi connectivity index (χ1v) is 10.3. The zero-order valence-electron chi connectivity index (χ0n) is 17.4. The Morgan fingerprint density at radius 2 is 1.90 bits per heavy atom. The van der Waals surface area contributed by atoms with E-state index >= 15 is 0 Å². The van der Waals surface area contributed by atoms with Crippen molar-refractivity contribution in [1.82, 2.24) is 14.7 Å². The molecular formula is C20H25Cl2FN4O3. The number of aliphatic hydroxyl groups is 1. The van der Waals surface area contributed by atoms with Crippen LogP contribution in [-0.2, 0) is 16.9 Å². The van der Waals surface area contributed by atoms with E-state index in [1.165, 1.54) is 17.9 Å². The predicted octanol–water partition coefficient (Wildman–Crippen LogP) is 3.22. The Kier molecular flexibility index (Phi) is 6.50. The van der Waals surface area contributed by atoms with E-state index in [0.717, 1.165) is 0 Å². The van der Waals surface area contributed by atoms with Gasteiger partial charge in [-0.1, -0.05) is 23.2 Å². The second-order valence-corrected chi connectivity index (χ2v) is 8.56. The number of carbonyl (C=O) groups excluding carboxylic acids is 1. The molecule has 10 heteroatoms. The fraction of sp³-hybridized carbons (Fsp3) is 0.500. The van der Waals surface area contributed by atoms with Gasteiger partial charge in [-0.15, -0.1) is 0 Å². The van der Waals surface area contributed by atoms with E-state index in [1.807, 2.05) is 4.90 Å². The van der Waals surface area contributed by atoms with Crippen molar-refractivity contribution < 1.29 is 19.0 Å². The van der Waals surface area contributed by atoms with E-state index in [9.17, 15) is 14.3 Å². The first-order valence-electron chi connectivity index (χ1n) is 9.54. The molecule has 1 aliphatic rings. The monoisotopic (exact) mass is 458 g/mol. The van der Waals surface area contributed by atoms with E-state index in [-0.39, 0.29) is 17.5 Å². The van der Waals surface area contributed by atoms with Crippen LogP contribution < -0.4 is 9.64 Å². The Bertz CT molecular complexity index is 951. The molecule has 164 valence electrons. The highest BCUT2D eigenvalue weighted by atomic mass is 35.5. The molecule has 2 aromatic rings. The molecule has 3 rings (SSSR count). The number of ether oxygens (including phenoxy) is 1. The van der Waals surface area contributed by atoms with Crippen LogP contribution in [0.25, 0.3) is 0 Å². The highest BCUT2D eigenvalue weighted by Gasteiger charge is 2.28. The van der Waals surface area contributed by atoms with E-state index in [0.29, 0.717) is 54.0 Å². The van der Waals surface area contributed by atoms with Crippen LogP contribution in [0.2, 0.25) is 10.0 Å². The lowest BCUT2D eigenvalue weighted by atomic mass is 10.1. The van der Waals surface area contributed by atoms with Crippen molar-refractivity contribution in [3.05, 3.63) is 39.4 Å². The molecule has 0 aliphatic carbocycles. The van der Waals surface area contributed by atoms with Crippen LogP contribution in [0.5, 0.6) is 5.75 Å². The topological polar surface area (TPSA) is 70.8 Å². The number of nitrogens with zero attached hydrogens (tertiary/aromatic N) is 4. The number of hydrogen-bond acceptors (Lipinski definition) is 5. The fourth-order valence-corrected chi connectivity index (χ4v) is 4.01. The quantitative estimate of drug-likeness (QED) is 0.744. The van der Waals surface area contributed by atoms with E-state index in [4.69, 9.17) is 27.9 Å². The number of rotatable bonds is 5. The van der Waals surface area contributed by atoms with Gasteiger partial charge in [-0.25, -0.2) is 4.39 Å². The summed E-state index contributed by atoms with van der Waals surface area (Å²) in [5.41, 5.74) is 0.154. The van der Waals surface area contributed by atoms with Gasteiger partial charge >= 0.3 is 0 Å². The van der Waals surface area contributed by atoms with Gasteiger partial charge in [0.2, 0.25) is 5.91 Å². The van der Waals surface area contributed by atoms with Crippen molar-refractivity contribution in [2.45, 2.75) is 32.9 Å². The van der Waals surface area contributed by atoms with Gasteiger partial charge in [0, 0.05) is 32.2 Å². The Hall–Kier alpha value is -2.03. The number of piperazine rings is 1. The maximum absolute atomic E-state index is 14.4. The van der Waals surface area contributed by atoms with E-state index < -0.39 is 11.4 Å². The molecule has 7 nitrogen and oxygen atoms in total. The number of halogens is 3. The van der Waals surface area contributed by atoms with Crippen LogP contribution >= 0.6 is 23.2 Å². The number of carbonyl (C=O) groups is 1. The Labute approximate surface area is 184 Å². The number of hydrogen-bond donors (Lipinski definition) is 1. The van der Waals surface area contributed by atoms with Gasteiger partial charge in [-0.2, -0.15) is 5.10 Å². The molecule has 0 spiro atoms. The average molecular weight is 459 g/mol. The van der Waals surface area contributed by atoms with Gasteiger partial charge in [-0.05, 0) is 26.8 Å². The van der Waals surface area contributed by atoms with Crippen LogP contribution in [0.15, 0.2) is 12.1 Å². The van der Waals surface area contributed by atoms with Crippen molar-refractivity contribution in [3.63, 3.8) is 0 Å².